The first-order chi connectivity index (χ1) is 14.8. The van der Waals surface area contributed by atoms with E-state index in [1.165, 1.54) is 6.08 Å². The van der Waals surface area contributed by atoms with Crippen LogP contribution in [-0.2, 0) is 20.7 Å². The molecule has 0 fully saturated rings. The molecule has 0 saturated heterocycles. The summed E-state index contributed by atoms with van der Waals surface area (Å²) in [6.45, 7) is 3.47. The molecule has 0 bridgehead atoms. The lowest BCUT2D eigenvalue weighted by Gasteiger charge is -2.13. The molecule has 2 aromatic carbocycles. The molecule has 0 unspecified atom stereocenters. The second kappa shape index (κ2) is 9.47. The number of anilines is 1. The average Bonchev–Trinajstić information content (AvgIpc) is 3.03. The van der Waals surface area contributed by atoms with E-state index in [0.717, 1.165) is 16.8 Å². The predicted octanol–water partition coefficient (Wildman–Crippen LogP) is 3.44. The molecule has 3 rings (SSSR count). The van der Waals surface area contributed by atoms with Crippen LogP contribution in [0.25, 0.3) is 6.08 Å². The zero-order valence-electron chi connectivity index (χ0n) is 18.0. The topological polar surface area (TPSA) is 82.1 Å². The van der Waals surface area contributed by atoms with E-state index in [9.17, 15) is 14.4 Å². The Kier molecular flexibility index (Phi) is 6.74. The average molecular weight is 423 g/mol. The molecule has 1 heterocycles. The lowest BCUT2D eigenvalue weighted by Crippen LogP contribution is -2.20. The van der Waals surface area contributed by atoms with Crippen molar-refractivity contribution in [2.24, 2.45) is 0 Å². The number of hydrogen-bond acceptors (Lipinski definition) is 6. The molecule has 7 nitrogen and oxygen atoms in total. The largest absolute Gasteiger partial charge is 0.493 e. The number of fused-ring (bicyclic) bond motifs is 1. The van der Waals surface area contributed by atoms with Crippen molar-refractivity contribution in [2.75, 3.05) is 25.7 Å². The number of methoxy groups -OCH3 is 1. The van der Waals surface area contributed by atoms with Crippen LogP contribution in [0.3, 0.4) is 0 Å². The Hall–Kier alpha value is -3.61. The summed E-state index contributed by atoms with van der Waals surface area (Å²) in [5.74, 6) is 0.191. The number of rotatable bonds is 8. The Morgan fingerprint density at radius 2 is 1.90 bits per heavy atom. The van der Waals surface area contributed by atoms with Gasteiger partial charge >= 0.3 is 5.97 Å². The minimum atomic E-state index is -0.633. The summed E-state index contributed by atoms with van der Waals surface area (Å²) in [5, 5.41) is 0. The SMILES string of the molecule is COc1cc(/C=C/C(=O)OCC(=O)c2ccc3c(c2)CC(=O)N3C)ccc1OC(C)C. The Balaban J connectivity index is 1.58. The van der Waals surface area contributed by atoms with Crippen LogP contribution >= 0.6 is 0 Å². The number of likely N-dealkylation sites (N-methyl/N-ethyl adjacent to an activating group) is 1. The van der Waals surface area contributed by atoms with Gasteiger partial charge in [0.15, 0.2) is 23.9 Å². The van der Waals surface area contributed by atoms with Gasteiger partial charge < -0.3 is 19.1 Å². The summed E-state index contributed by atoms with van der Waals surface area (Å²) >= 11 is 0. The molecule has 0 spiro atoms. The van der Waals surface area contributed by atoms with Crippen LogP contribution in [-0.4, -0.2) is 44.5 Å². The van der Waals surface area contributed by atoms with Gasteiger partial charge in [0, 0.05) is 24.4 Å². The summed E-state index contributed by atoms with van der Waals surface area (Å²) < 4.78 is 16.1. The van der Waals surface area contributed by atoms with Gasteiger partial charge in [-0.25, -0.2) is 4.79 Å². The molecular weight excluding hydrogens is 398 g/mol. The quantitative estimate of drug-likeness (QED) is 0.368. The Morgan fingerprint density at radius 3 is 2.61 bits per heavy atom. The van der Waals surface area contributed by atoms with Crippen LogP contribution < -0.4 is 14.4 Å². The van der Waals surface area contributed by atoms with Gasteiger partial charge in [0.2, 0.25) is 5.91 Å². The molecule has 31 heavy (non-hydrogen) atoms. The maximum atomic E-state index is 12.4. The third kappa shape index (κ3) is 5.31. The number of ether oxygens (including phenoxy) is 3. The molecule has 0 aromatic heterocycles. The first-order valence-corrected chi connectivity index (χ1v) is 9.90. The van der Waals surface area contributed by atoms with Gasteiger partial charge in [-0.1, -0.05) is 6.07 Å². The summed E-state index contributed by atoms with van der Waals surface area (Å²) in [5.41, 5.74) is 2.72. The number of benzene rings is 2. The van der Waals surface area contributed by atoms with Gasteiger partial charge in [0.05, 0.1) is 19.6 Å². The first kappa shape index (κ1) is 22.1. The number of amides is 1. The fourth-order valence-electron chi connectivity index (χ4n) is 3.22. The van der Waals surface area contributed by atoms with Gasteiger partial charge in [-0.05, 0) is 61.4 Å². The number of Topliss-reactive ketones (excluding diaryl/α,β-unsaturated/α-hetero) is 1. The van der Waals surface area contributed by atoms with Crippen molar-refractivity contribution in [1.29, 1.82) is 0 Å². The summed E-state index contributed by atoms with van der Waals surface area (Å²) in [4.78, 5) is 37.7. The molecular formula is C24H25NO6. The van der Waals surface area contributed by atoms with Gasteiger partial charge in [-0.2, -0.15) is 0 Å². The smallest absolute Gasteiger partial charge is 0.331 e. The highest BCUT2D eigenvalue weighted by molar-refractivity contribution is 6.04. The van der Waals surface area contributed by atoms with Crippen LogP contribution in [0.15, 0.2) is 42.5 Å². The van der Waals surface area contributed by atoms with E-state index in [-0.39, 0.29) is 30.8 Å². The molecule has 162 valence electrons. The summed E-state index contributed by atoms with van der Waals surface area (Å²) in [7, 11) is 3.24. The van der Waals surface area contributed by atoms with Gasteiger partial charge in [-0.15, -0.1) is 0 Å². The number of ketones is 1. The van der Waals surface area contributed by atoms with E-state index >= 15 is 0 Å². The normalized spacial score (nSPS) is 12.9. The number of carbonyl (C=O) groups excluding carboxylic acids is 3. The highest BCUT2D eigenvalue weighted by Crippen LogP contribution is 2.30. The van der Waals surface area contributed by atoms with Crippen LogP contribution in [0, 0.1) is 0 Å². The fourth-order valence-corrected chi connectivity index (χ4v) is 3.22. The molecule has 0 atom stereocenters. The van der Waals surface area contributed by atoms with E-state index in [1.807, 2.05) is 13.8 Å². The molecule has 0 N–H and O–H groups in total. The van der Waals surface area contributed by atoms with E-state index in [4.69, 9.17) is 14.2 Å². The zero-order chi connectivity index (χ0) is 22.5. The molecule has 0 saturated carbocycles. The fraction of sp³-hybridized carbons (Fsp3) is 0.292. The Bertz CT molecular complexity index is 1040. The monoisotopic (exact) mass is 423 g/mol. The lowest BCUT2D eigenvalue weighted by molar-refractivity contribution is -0.136. The second-order valence-electron chi connectivity index (χ2n) is 7.41. The molecule has 0 radical (unpaired) electrons. The third-order valence-electron chi connectivity index (χ3n) is 4.79. The van der Waals surface area contributed by atoms with Crippen molar-refractivity contribution in [2.45, 2.75) is 26.4 Å². The van der Waals surface area contributed by atoms with Crippen molar-refractivity contribution in [1.82, 2.24) is 0 Å². The van der Waals surface area contributed by atoms with Crippen molar-refractivity contribution >= 4 is 29.4 Å². The molecule has 1 aliphatic rings. The van der Waals surface area contributed by atoms with E-state index in [0.29, 0.717) is 17.1 Å². The minimum Gasteiger partial charge on any atom is -0.493 e. The van der Waals surface area contributed by atoms with Crippen molar-refractivity contribution in [3.05, 3.63) is 59.2 Å². The maximum Gasteiger partial charge on any atom is 0.331 e. The number of nitrogens with zero attached hydrogens (tertiary/aromatic N) is 1. The second-order valence-corrected chi connectivity index (χ2v) is 7.41. The highest BCUT2D eigenvalue weighted by Gasteiger charge is 2.24. The minimum absolute atomic E-state index is 0.00914. The predicted molar refractivity (Wildman–Crippen MR) is 117 cm³/mol. The van der Waals surface area contributed by atoms with Crippen molar-refractivity contribution in [3.8, 4) is 11.5 Å². The van der Waals surface area contributed by atoms with Crippen LogP contribution in [0.1, 0.15) is 35.3 Å². The van der Waals surface area contributed by atoms with Crippen molar-refractivity contribution < 1.29 is 28.6 Å². The molecule has 0 aliphatic carbocycles. The van der Waals surface area contributed by atoms with E-state index < -0.39 is 5.97 Å². The van der Waals surface area contributed by atoms with Crippen LogP contribution in [0.5, 0.6) is 11.5 Å². The maximum absolute atomic E-state index is 12.4. The van der Waals surface area contributed by atoms with Gasteiger partial charge in [0.1, 0.15) is 0 Å². The van der Waals surface area contributed by atoms with Crippen molar-refractivity contribution in [3.63, 3.8) is 0 Å². The lowest BCUT2D eigenvalue weighted by atomic mass is 10.1. The van der Waals surface area contributed by atoms with Gasteiger partial charge in [0.25, 0.3) is 0 Å². The zero-order valence-corrected chi connectivity index (χ0v) is 18.0. The van der Waals surface area contributed by atoms with E-state index in [1.54, 1.807) is 61.5 Å². The first-order valence-electron chi connectivity index (χ1n) is 9.90. The number of hydrogen-bond donors (Lipinski definition) is 0. The summed E-state index contributed by atoms with van der Waals surface area (Å²) in [6.07, 6.45) is 3.10. The van der Waals surface area contributed by atoms with Crippen LogP contribution in [0.4, 0.5) is 5.69 Å². The standard InChI is InChI=1S/C24H25NO6/c1-15(2)31-21-9-5-16(11-22(21)29-4)6-10-24(28)30-14-20(26)17-7-8-19-18(12-17)13-23(27)25(19)3/h5-12,15H,13-14H2,1-4H3/b10-6+. The van der Waals surface area contributed by atoms with E-state index in [2.05, 4.69) is 0 Å². The molecule has 1 amide bonds. The highest BCUT2D eigenvalue weighted by atomic mass is 16.5. The van der Waals surface area contributed by atoms with Crippen LogP contribution in [0.2, 0.25) is 0 Å². The Morgan fingerprint density at radius 1 is 1.13 bits per heavy atom. The molecule has 2 aromatic rings. The third-order valence-corrected chi connectivity index (χ3v) is 4.79. The Labute approximate surface area is 181 Å². The summed E-state index contributed by atoms with van der Waals surface area (Å²) in [6, 6.07) is 10.3. The van der Waals surface area contributed by atoms with Gasteiger partial charge in [-0.3, -0.25) is 9.59 Å². The molecule has 7 heteroatoms. The number of esters is 1. The molecule has 1 aliphatic heterocycles. The number of carbonyl (C=O) groups is 3.